The van der Waals surface area contributed by atoms with E-state index in [-0.39, 0.29) is 17.0 Å². The molecule has 9 heteroatoms. The molecule has 0 aliphatic heterocycles. The first kappa shape index (κ1) is 23.3. The number of nitrogens with one attached hydrogen (secondary N) is 1. The third kappa shape index (κ3) is 5.28. The van der Waals surface area contributed by atoms with Crippen LogP contribution in [0.25, 0.3) is 10.9 Å². The topological polar surface area (TPSA) is 123 Å². The molecular formula is C28H19N5O4. The Hall–Kier alpha value is -5.49. The van der Waals surface area contributed by atoms with Gasteiger partial charge in [0.05, 0.1) is 21.7 Å². The van der Waals surface area contributed by atoms with Gasteiger partial charge in [0.25, 0.3) is 0 Å². The zero-order valence-electron chi connectivity index (χ0n) is 19.4. The monoisotopic (exact) mass is 489 g/mol. The molecule has 1 N–H and O–H groups in total. The van der Waals surface area contributed by atoms with E-state index in [1.165, 1.54) is 30.7 Å². The molecule has 9 nitrogen and oxygen atoms in total. The van der Waals surface area contributed by atoms with Gasteiger partial charge in [-0.25, -0.2) is 0 Å². The van der Waals surface area contributed by atoms with E-state index < -0.39 is 4.92 Å². The van der Waals surface area contributed by atoms with Crippen LogP contribution in [0.15, 0.2) is 97.5 Å². The van der Waals surface area contributed by atoms with Crippen molar-refractivity contribution in [3.05, 3.63) is 119 Å². The first-order chi connectivity index (χ1) is 18.1. The Balaban J connectivity index is 1.45. The van der Waals surface area contributed by atoms with Gasteiger partial charge in [-0.1, -0.05) is 30.3 Å². The second-order valence-corrected chi connectivity index (χ2v) is 7.96. The number of nitriles is 1. The number of aromatic nitrogens is 2. The van der Waals surface area contributed by atoms with Crippen LogP contribution in [0.3, 0.4) is 0 Å². The van der Waals surface area contributed by atoms with E-state index in [9.17, 15) is 15.4 Å². The van der Waals surface area contributed by atoms with E-state index in [2.05, 4.69) is 21.4 Å². The van der Waals surface area contributed by atoms with E-state index >= 15 is 0 Å². The lowest BCUT2D eigenvalue weighted by Crippen LogP contribution is -2.00. The van der Waals surface area contributed by atoms with Crippen molar-refractivity contribution in [3.63, 3.8) is 0 Å². The summed E-state index contributed by atoms with van der Waals surface area (Å²) in [6.07, 6.45) is 4.48. The first-order valence-electron chi connectivity index (χ1n) is 11.2. The molecule has 0 amide bonds. The van der Waals surface area contributed by atoms with Crippen molar-refractivity contribution in [3.8, 4) is 23.3 Å². The Morgan fingerprint density at radius 1 is 0.973 bits per heavy atom. The van der Waals surface area contributed by atoms with Crippen molar-refractivity contribution in [2.24, 2.45) is 0 Å². The lowest BCUT2D eigenvalue weighted by molar-refractivity contribution is -0.385. The van der Waals surface area contributed by atoms with E-state index in [1.807, 2.05) is 54.6 Å². The molecule has 0 fully saturated rings. The van der Waals surface area contributed by atoms with Crippen molar-refractivity contribution in [1.29, 1.82) is 5.26 Å². The van der Waals surface area contributed by atoms with Crippen molar-refractivity contribution < 1.29 is 14.4 Å². The number of anilines is 2. The fourth-order valence-corrected chi connectivity index (χ4v) is 3.71. The number of fused-ring (bicyclic) bond motifs is 1. The van der Waals surface area contributed by atoms with Crippen LogP contribution >= 0.6 is 0 Å². The molecule has 5 rings (SSSR count). The molecule has 37 heavy (non-hydrogen) atoms. The van der Waals surface area contributed by atoms with Crippen molar-refractivity contribution in [1.82, 2.24) is 9.97 Å². The number of hydrogen-bond donors (Lipinski definition) is 1. The summed E-state index contributed by atoms with van der Waals surface area (Å²) in [4.78, 5) is 19.6. The molecule has 0 spiro atoms. The van der Waals surface area contributed by atoms with Gasteiger partial charge in [0.1, 0.15) is 24.2 Å². The number of nitrogens with zero attached hydrogens (tertiary/aromatic N) is 4. The van der Waals surface area contributed by atoms with Crippen LogP contribution in [0, 0.1) is 21.4 Å². The molecule has 3 aromatic carbocycles. The molecular weight excluding hydrogens is 470 g/mol. The van der Waals surface area contributed by atoms with E-state index in [0.29, 0.717) is 40.4 Å². The molecule has 2 aromatic heterocycles. The number of pyridine rings is 2. The molecule has 0 saturated carbocycles. The third-order valence-electron chi connectivity index (χ3n) is 5.52. The third-order valence-corrected chi connectivity index (χ3v) is 5.52. The molecule has 0 unspecified atom stereocenters. The van der Waals surface area contributed by atoms with Crippen LogP contribution in [0.2, 0.25) is 0 Å². The predicted molar refractivity (Wildman–Crippen MR) is 138 cm³/mol. The second kappa shape index (κ2) is 10.4. The number of hydrogen-bond acceptors (Lipinski definition) is 8. The minimum Gasteiger partial charge on any atom is -0.489 e. The Morgan fingerprint density at radius 3 is 2.43 bits per heavy atom. The second-order valence-electron chi connectivity index (χ2n) is 7.96. The maximum Gasteiger partial charge on any atom is 0.312 e. The molecule has 2 heterocycles. The van der Waals surface area contributed by atoms with E-state index in [0.717, 1.165) is 5.56 Å². The standard InChI is InChI=1S/C28H19N5O4/c29-16-20-17-31-25-15-27(37-23-10-12-30-13-11-23)26(33(34)35)14-24(25)28(20)32-21-6-8-22(9-7-21)36-18-19-4-2-1-3-5-19/h1-15,17H,18H2,(H,31,32). The maximum absolute atomic E-state index is 11.9. The molecule has 0 atom stereocenters. The van der Waals surface area contributed by atoms with Gasteiger partial charge in [0, 0.05) is 41.8 Å². The molecule has 0 radical (unpaired) electrons. The number of rotatable bonds is 8. The maximum atomic E-state index is 11.9. The lowest BCUT2D eigenvalue weighted by atomic mass is 10.1. The van der Waals surface area contributed by atoms with E-state index in [1.54, 1.807) is 12.1 Å². The predicted octanol–water partition coefficient (Wildman–Crippen LogP) is 6.52. The Kier molecular flexibility index (Phi) is 6.55. The molecule has 5 aromatic rings. The average Bonchev–Trinajstić information content (AvgIpc) is 2.93. The van der Waals surface area contributed by atoms with Gasteiger partial charge in [-0.3, -0.25) is 20.1 Å². The summed E-state index contributed by atoms with van der Waals surface area (Å²) in [5.41, 5.74) is 2.56. The van der Waals surface area contributed by atoms with Crippen molar-refractivity contribution in [2.75, 3.05) is 5.32 Å². The molecule has 0 saturated heterocycles. The highest BCUT2D eigenvalue weighted by molar-refractivity contribution is 5.98. The Morgan fingerprint density at radius 2 is 1.73 bits per heavy atom. The quantitative estimate of drug-likeness (QED) is 0.193. The number of nitro groups is 1. The summed E-state index contributed by atoms with van der Waals surface area (Å²) in [7, 11) is 0. The molecule has 0 aliphatic carbocycles. The highest BCUT2D eigenvalue weighted by Crippen LogP contribution is 2.38. The summed E-state index contributed by atoms with van der Waals surface area (Å²) >= 11 is 0. The minimum atomic E-state index is -0.530. The number of nitro benzene ring substituents is 1. The molecule has 0 aliphatic rings. The van der Waals surface area contributed by atoms with Gasteiger partial charge in [0.2, 0.25) is 5.75 Å². The average molecular weight is 489 g/mol. The Bertz CT molecular complexity index is 1600. The van der Waals surface area contributed by atoms with Gasteiger partial charge in [0.15, 0.2) is 0 Å². The van der Waals surface area contributed by atoms with Gasteiger partial charge < -0.3 is 14.8 Å². The van der Waals surface area contributed by atoms with Gasteiger partial charge in [-0.05, 0) is 42.0 Å². The number of benzene rings is 3. The molecule has 0 bridgehead atoms. The molecule has 180 valence electrons. The van der Waals surface area contributed by atoms with Crippen LogP contribution in [-0.4, -0.2) is 14.9 Å². The summed E-state index contributed by atoms with van der Waals surface area (Å²) in [5, 5.41) is 25.2. The summed E-state index contributed by atoms with van der Waals surface area (Å²) < 4.78 is 11.6. The summed E-state index contributed by atoms with van der Waals surface area (Å²) in [6, 6.07) is 25.2. The summed E-state index contributed by atoms with van der Waals surface area (Å²) in [6.45, 7) is 0.439. The van der Waals surface area contributed by atoms with Crippen LogP contribution in [0.1, 0.15) is 11.1 Å². The zero-order valence-corrected chi connectivity index (χ0v) is 19.4. The first-order valence-corrected chi connectivity index (χ1v) is 11.2. The van der Waals surface area contributed by atoms with Crippen molar-refractivity contribution >= 4 is 28.0 Å². The van der Waals surface area contributed by atoms with Gasteiger partial charge >= 0.3 is 5.69 Å². The van der Waals surface area contributed by atoms with Gasteiger partial charge in [-0.15, -0.1) is 0 Å². The number of ether oxygens (including phenoxy) is 2. The fraction of sp³-hybridized carbons (Fsp3) is 0.0357. The highest BCUT2D eigenvalue weighted by Gasteiger charge is 2.21. The zero-order chi connectivity index (χ0) is 25.6. The van der Waals surface area contributed by atoms with Crippen molar-refractivity contribution in [2.45, 2.75) is 6.61 Å². The van der Waals surface area contributed by atoms with Crippen LogP contribution in [0.5, 0.6) is 17.2 Å². The summed E-state index contributed by atoms with van der Waals surface area (Å²) in [5.74, 6) is 1.12. The van der Waals surface area contributed by atoms with Crippen LogP contribution in [0.4, 0.5) is 17.1 Å². The fourth-order valence-electron chi connectivity index (χ4n) is 3.71. The van der Waals surface area contributed by atoms with E-state index in [4.69, 9.17) is 9.47 Å². The lowest BCUT2D eigenvalue weighted by Gasteiger charge is -2.14. The SMILES string of the molecule is N#Cc1cnc2cc(Oc3ccncc3)c([N+](=O)[O-])cc2c1Nc1ccc(OCc2ccccc2)cc1. The van der Waals surface area contributed by atoms with Crippen LogP contribution in [-0.2, 0) is 6.61 Å². The largest absolute Gasteiger partial charge is 0.489 e. The normalized spacial score (nSPS) is 10.5. The smallest absolute Gasteiger partial charge is 0.312 e. The highest BCUT2D eigenvalue weighted by atomic mass is 16.6. The minimum absolute atomic E-state index is 0.0341. The van der Waals surface area contributed by atoms with Gasteiger partial charge in [-0.2, -0.15) is 5.26 Å². The Labute approximate surface area is 211 Å². The van der Waals surface area contributed by atoms with Crippen LogP contribution < -0.4 is 14.8 Å².